The Balaban J connectivity index is 0.000000671. The van der Waals surface area contributed by atoms with Crippen LogP contribution in [0, 0.1) is 5.92 Å². The summed E-state index contributed by atoms with van der Waals surface area (Å²) in [6, 6.07) is 0.824. The summed E-state index contributed by atoms with van der Waals surface area (Å²) in [5.74, 6) is 0.939. The van der Waals surface area contributed by atoms with Crippen molar-refractivity contribution < 1.29 is 0 Å². The molecule has 1 saturated heterocycles. The monoisotopic (exact) mass is 185 g/mol. The molecular weight excluding hydrogens is 158 g/mol. The molecule has 1 aliphatic rings. The van der Waals surface area contributed by atoms with E-state index in [0.717, 1.165) is 12.0 Å². The van der Waals surface area contributed by atoms with Gasteiger partial charge in [0.1, 0.15) is 0 Å². The number of rotatable bonds is 3. The zero-order chi connectivity index (χ0) is 10.3. The van der Waals surface area contributed by atoms with Crippen molar-refractivity contribution in [2.45, 2.75) is 59.9 Å². The minimum Gasteiger partial charge on any atom is -0.300 e. The van der Waals surface area contributed by atoms with E-state index in [4.69, 9.17) is 0 Å². The van der Waals surface area contributed by atoms with Gasteiger partial charge in [-0.05, 0) is 32.2 Å². The highest BCUT2D eigenvalue weighted by molar-refractivity contribution is 4.76. The maximum atomic E-state index is 2.63. The van der Waals surface area contributed by atoms with Crippen LogP contribution in [0.3, 0.4) is 0 Å². The number of hydrogen-bond acceptors (Lipinski definition) is 1. The van der Waals surface area contributed by atoms with Crippen LogP contribution in [0.2, 0.25) is 0 Å². The van der Waals surface area contributed by atoms with Gasteiger partial charge in [0.15, 0.2) is 0 Å². The van der Waals surface area contributed by atoms with Crippen LogP contribution < -0.4 is 0 Å². The maximum Gasteiger partial charge on any atom is 0.00669 e. The molecule has 13 heavy (non-hydrogen) atoms. The van der Waals surface area contributed by atoms with E-state index in [2.05, 4.69) is 25.7 Å². The van der Waals surface area contributed by atoms with Crippen LogP contribution in [0.4, 0.5) is 0 Å². The lowest BCUT2D eigenvalue weighted by molar-refractivity contribution is 0.239. The molecule has 1 rings (SSSR count). The molecular formula is C12H27N. The summed E-state index contributed by atoms with van der Waals surface area (Å²) in [6.45, 7) is 13.7. The van der Waals surface area contributed by atoms with Gasteiger partial charge in [0, 0.05) is 12.6 Å². The van der Waals surface area contributed by atoms with Crippen molar-refractivity contribution in [3.8, 4) is 0 Å². The fourth-order valence-electron chi connectivity index (χ4n) is 1.97. The molecule has 1 nitrogen and oxygen atoms in total. The minimum absolute atomic E-state index is 0.824. The summed E-state index contributed by atoms with van der Waals surface area (Å²) in [5, 5.41) is 0. The third-order valence-corrected chi connectivity index (χ3v) is 2.79. The zero-order valence-electron chi connectivity index (χ0n) is 10.1. The molecule has 1 fully saturated rings. The SMILES string of the molecule is CC.CCCC(C)N1CCC(C)C1. The molecule has 1 aliphatic heterocycles. The molecule has 0 aromatic rings. The minimum atomic E-state index is 0.824. The molecule has 0 aromatic carbocycles. The Labute approximate surface area is 84.5 Å². The van der Waals surface area contributed by atoms with Crippen molar-refractivity contribution in [1.82, 2.24) is 4.90 Å². The molecule has 0 amide bonds. The first-order valence-corrected chi connectivity index (χ1v) is 5.98. The Morgan fingerprint density at radius 3 is 2.38 bits per heavy atom. The quantitative estimate of drug-likeness (QED) is 0.650. The van der Waals surface area contributed by atoms with Gasteiger partial charge >= 0.3 is 0 Å². The topological polar surface area (TPSA) is 3.24 Å². The summed E-state index contributed by atoms with van der Waals surface area (Å²) >= 11 is 0. The molecule has 0 spiro atoms. The van der Waals surface area contributed by atoms with Gasteiger partial charge in [-0.2, -0.15) is 0 Å². The smallest absolute Gasteiger partial charge is 0.00669 e. The van der Waals surface area contributed by atoms with Crippen molar-refractivity contribution in [1.29, 1.82) is 0 Å². The van der Waals surface area contributed by atoms with E-state index in [1.165, 1.54) is 32.4 Å². The molecule has 80 valence electrons. The van der Waals surface area contributed by atoms with Gasteiger partial charge in [-0.3, -0.25) is 0 Å². The molecule has 0 radical (unpaired) electrons. The lowest BCUT2D eigenvalue weighted by Gasteiger charge is -2.23. The highest BCUT2D eigenvalue weighted by Gasteiger charge is 2.21. The van der Waals surface area contributed by atoms with E-state index in [9.17, 15) is 0 Å². The standard InChI is InChI=1S/C10H21N.C2H6/c1-4-5-10(3)11-7-6-9(2)8-11;1-2/h9-10H,4-8H2,1-3H3;1-2H3. The second-order valence-corrected chi connectivity index (χ2v) is 4.03. The number of hydrogen-bond donors (Lipinski definition) is 0. The second kappa shape index (κ2) is 7.37. The maximum absolute atomic E-state index is 2.63. The lowest BCUT2D eigenvalue weighted by Crippen LogP contribution is -2.30. The molecule has 0 aliphatic carbocycles. The molecule has 1 heteroatoms. The highest BCUT2D eigenvalue weighted by atomic mass is 15.2. The normalized spacial score (nSPS) is 25.2. The van der Waals surface area contributed by atoms with Crippen molar-refractivity contribution in [3.63, 3.8) is 0 Å². The number of nitrogens with zero attached hydrogens (tertiary/aromatic N) is 1. The van der Waals surface area contributed by atoms with Crippen LogP contribution in [0.25, 0.3) is 0 Å². The molecule has 0 N–H and O–H groups in total. The fourth-order valence-corrected chi connectivity index (χ4v) is 1.97. The van der Waals surface area contributed by atoms with Gasteiger partial charge in [-0.25, -0.2) is 0 Å². The Morgan fingerprint density at radius 1 is 1.38 bits per heavy atom. The van der Waals surface area contributed by atoms with Crippen LogP contribution >= 0.6 is 0 Å². The van der Waals surface area contributed by atoms with Gasteiger partial charge < -0.3 is 4.90 Å². The van der Waals surface area contributed by atoms with Crippen LogP contribution in [-0.2, 0) is 0 Å². The van der Waals surface area contributed by atoms with E-state index in [1.54, 1.807) is 0 Å². The van der Waals surface area contributed by atoms with E-state index in [1.807, 2.05) is 13.8 Å². The van der Waals surface area contributed by atoms with Gasteiger partial charge in [-0.15, -0.1) is 0 Å². The average molecular weight is 185 g/mol. The summed E-state index contributed by atoms with van der Waals surface area (Å²) in [7, 11) is 0. The summed E-state index contributed by atoms with van der Waals surface area (Å²) in [6.07, 6.45) is 4.10. The van der Waals surface area contributed by atoms with Crippen molar-refractivity contribution in [2.24, 2.45) is 5.92 Å². The zero-order valence-corrected chi connectivity index (χ0v) is 10.1. The first kappa shape index (κ1) is 13.0. The van der Waals surface area contributed by atoms with E-state index in [-0.39, 0.29) is 0 Å². The summed E-state index contributed by atoms with van der Waals surface area (Å²) in [4.78, 5) is 2.63. The van der Waals surface area contributed by atoms with E-state index < -0.39 is 0 Å². The van der Waals surface area contributed by atoms with E-state index >= 15 is 0 Å². The molecule has 0 bridgehead atoms. The highest BCUT2D eigenvalue weighted by Crippen LogP contribution is 2.19. The van der Waals surface area contributed by atoms with Crippen molar-refractivity contribution >= 4 is 0 Å². The largest absolute Gasteiger partial charge is 0.300 e. The van der Waals surface area contributed by atoms with Crippen molar-refractivity contribution in [3.05, 3.63) is 0 Å². The van der Waals surface area contributed by atoms with Crippen LogP contribution in [0.15, 0.2) is 0 Å². The second-order valence-electron chi connectivity index (χ2n) is 4.03. The van der Waals surface area contributed by atoms with Gasteiger partial charge in [-0.1, -0.05) is 34.1 Å². The first-order chi connectivity index (χ1) is 6.24. The van der Waals surface area contributed by atoms with Gasteiger partial charge in [0.05, 0.1) is 0 Å². The average Bonchev–Trinajstić information content (AvgIpc) is 2.56. The molecule has 0 aromatic heterocycles. The Hall–Kier alpha value is -0.0400. The lowest BCUT2D eigenvalue weighted by atomic mass is 10.1. The van der Waals surface area contributed by atoms with Crippen LogP contribution in [-0.4, -0.2) is 24.0 Å². The Kier molecular flexibility index (Phi) is 7.35. The van der Waals surface area contributed by atoms with E-state index in [0.29, 0.717) is 0 Å². The molecule has 2 unspecified atom stereocenters. The van der Waals surface area contributed by atoms with Crippen LogP contribution in [0.5, 0.6) is 0 Å². The Morgan fingerprint density at radius 2 is 2.00 bits per heavy atom. The molecule has 1 heterocycles. The molecule has 2 atom stereocenters. The molecule has 0 saturated carbocycles. The van der Waals surface area contributed by atoms with Crippen molar-refractivity contribution in [2.75, 3.05) is 13.1 Å². The third kappa shape index (κ3) is 4.66. The van der Waals surface area contributed by atoms with Crippen LogP contribution in [0.1, 0.15) is 53.9 Å². The Bertz CT molecular complexity index is 112. The van der Waals surface area contributed by atoms with Gasteiger partial charge in [0.25, 0.3) is 0 Å². The first-order valence-electron chi connectivity index (χ1n) is 5.98. The van der Waals surface area contributed by atoms with Gasteiger partial charge in [0.2, 0.25) is 0 Å². The predicted molar refractivity (Wildman–Crippen MR) is 61.1 cm³/mol. The third-order valence-electron chi connectivity index (χ3n) is 2.79. The summed E-state index contributed by atoms with van der Waals surface area (Å²) in [5.41, 5.74) is 0. The number of likely N-dealkylation sites (tertiary alicyclic amines) is 1. The fraction of sp³-hybridized carbons (Fsp3) is 1.00. The summed E-state index contributed by atoms with van der Waals surface area (Å²) < 4.78 is 0. The predicted octanol–water partition coefficient (Wildman–Crippen LogP) is 3.54.